The van der Waals surface area contributed by atoms with Crippen molar-refractivity contribution in [3.05, 3.63) is 58.0 Å². The van der Waals surface area contributed by atoms with Crippen LogP contribution in [0.25, 0.3) is 0 Å². The smallest absolute Gasteiger partial charge is 0.120 e. The molecular formula is C14H13BrClNO. The number of nitrogens with one attached hydrogen (secondary N) is 1. The highest BCUT2D eigenvalue weighted by Crippen LogP contribution is 2.18. The lowest BCUT2D eigenvalue weighted by molar-refractivity contribution is 0.332. The van der Waals surface area contributed by atoms with Crippen LogP contribution >= 0.6 is 27.5 Å². The number of halogens is 2. The van der Waals surface area contributed by atoms with Crippen LogP contribution in [0.2, 0.25) is 5.02 Å². The maximum atomic E-state index is 5.89. The lowest BCUT2D eigenvalue weighted by Crippen LogP contribution is -2.11. The molecule has 2 nitrogen and oxygen atoms in total. The average Bonchev–Trinajstić information content (AvgIpc) is 2.35. The molecule has 0 aliphatic heterocycles. The standard InChI is InChI=1S/C14H13BrClNO/c15-11-3-1-6-14(9-11)18-8-7-17-13-5-2-4-12(16)10-13/h1-6,9-10,17H,7-8H2. The van der Waals surface area contributed by atoms with Crippen LogP contribution in [0, 0.1) is 0 Å². The van der Waals surface area contributed by atoms with Crippen LogP contribution in [0.1, 0.15) is 0 Å². The van der Waals surface area contributed by atoms with E-state index < -0.39 is 0 Å². The number of hydrogen-bond donors (Lipinski definition) is 1. The zero-order chi connectivity index (χ0) is 12.8. The first-order chi connectivity index (χ1) is 8.74. The van der Waals surface area contributed by atoms with Gasteiger partial charge in [-0.1, -0.05) is 39.7 Å². The number of rotatable bonds is 5. The van der Waals surface area contributed by atoms with Crippen LogP contribution in [0.5, 0.6) is 5.75 Å². The van der Waals surface area contributed by atoms with Gasteiger partial charge in [0.15, 0.2) is 0 Å². The fourth-order valence-corrected chi connectivity index (χ4v) is 2.09. The normalized spacial score (nSPS) is 10.1. The Hall–Kier alpha value is -1.19. The van der Waals surface area contributed by atoms with Crippen molar-refractivity contribution >= 4 is 33.2 Å². The molecule has 2 rings (SSSR count). The molecule has 0 aromatic heterocycles. The van der Waals surface area contributed by atoms with Gasteiger partial charge in [0.2, 0.25) is 0 Å². The van der Waals surface area contributed by atoms with E-state index in [-0.39, 0.29) is 0 Å². The molecule has 0 saturated carbocycles. The van der Waals surface area contributed by atoms with Gasteiger partial charge in [0.1, 0.15) is 12.4 Å². The van der Waals surface area contributed by atoms with Crippen molar-refractivity contribution in [2.24, 2.45) is 0 Å². The Labute approximate surface area is 120 Å². The Morgan fingerprint density at radius 1 is 1.11 bits per heavy atom. The molecule has 0 aliphatic rings. The van der Waals surface area contributed by atoms with Gasteiger partial charge < -0.3 is 10.1 Å². The van der Waals surface area contributed by atoms with Gasteiger partial charge >= 0.3 is 0 Å². The summed E-state index contributed by atoms with van der Waals surface area (Å²) in [5, 5.41) is 3.98. The number of hydrogen-bond acceptors (Lipinski definition) is 2. The van der Waals surface area contributed by atoms with E-state index in [1.165, 1.54) is 0 Å². The summed E-state index contributed by atoms with van der Waals surface area (Å²) in [7, 11) is 0. The van der Waals surface area contributed by atoms with Crippen LogP contribution in [0.15, 0.2) is 53.0 Å². The van der Waals surface area contributed by atoms with Gasteiger partial charge in [-0.05, 0) is 36.4 Å². The van der Waals surface area contributed by atoms with Crippen molar-refractivity contribution in [1.29, 1.82) is 0 Å². The van der Waals surface area contributed by atoms with E-state index in [2.05, 4.69) is 21.2 Å². The summed E-state index contributed by atoms with van der Waals surface area (Å²) >= 11 is 9.30. The molecule has 2 aromatic rings. The second-order valence-corrected chi connectivity index (χ2v) is 5.10. The van der Waals surface area contributed by atoms with Crippen molar-refractivity contribution in [2.75, 3.05) is 18.5 Å². The molecule has 0 amide bonds. The van der Waals surface area contributed by atoms with E-state index in [9.17, 15) is 0 Å². The summed E-state index contributed by atoms with van der Waals surface area (Å²) in [6.45, 7) is 1.33. The molecule has 18 heavy (non-hydrogen) atoms. The first kappa shape index (κ1) is 13.2. The van der Waals surface area contributed by atoms with E-state index in [1.54, 1.807) is 0 Å². The number of ether oxygens (including phenoxy) is 1. The van der Waals surface area contributed by atoms with Gasteiger partial charge in [0.25, 0.3) is 0 Å². The van der Waals surface area contributed by atoms with Crippen molar-refractivity contribution in [3.63, 3.8) is 0 Å². The highest BCUT2D eigenvalue weighted by Gasteiger charge is 1.96. The molecule has 0 spiro atoms. The predicted octanol–water partition coefficient (Wildman–Crippen LogP) is 4.59. The highest BCUT2D eigenvalue weighted by molar-refractivity contribution is 9.10. The Bertz CT molecular complexity index is 471. The first-order valence-corrected chi connectivity index (χ1v) is 6.79. The third-order valence-electron chi connectivity index (χ3n) is 2.32. The van der Waals surface area contributed by atoms with Gasteiger partial charge in [-0.25, -0.2) is 0 Å². The summed E-state index contributed by atoms with van der Waals surface area (Å²) in [5.41, 5.74) is 1.00. The maximum Gasteiger partial charge on any atom is 0.120 e. The van der Waals surface area contributed by atoms with Crippen LogP contribution in [-0.4, -0.2) is 13.2 Å². The van der Waals surface area contributed by atoms with Gasteiger partial charge in [0, 0.05) is 21.7 Å². The van der Waals surface area contributed by atoms with E-state index in [0.717, 1.165) is 27.5 Å². The van der Waals surface area contributed by atoms with Crippen molar-refractivity contribution in [2.45, 2.75) is 0 Å². The second kappa shape index (κ2) is 6.66. The third kappa shape index (κ3) is 4.24. The summed E-state index contributed by atoms with van der Waals surface area (Å²) in [6, 6.07) is 15.4. The average molecular weight is 327 g/mol. The van der Waals surface area contributed by atoms with Crippen LogP contribution < -0.4 is 10.1 Å². The van der Waals surface area contributed by atoms with Crippen molar-refractivity contribution in [1.82, 2.24) is 0 Å². The molecule has 94 valence electrons. The fourth-order valence-electron chi connectivity index (χ4n) is 1.52. The molecule has 0 fully saturated rings. The van der Waals surface area contributed by atoms with Gasteiger partial charge in [-0.2, -0.15) is 0 Å². The topological polar surface area (TPSA) is 21.3 Å². The van der Waals surface area contributed by atoms with E-state index in [4.69, 9.17) is 16.3 Å². The van der Waals surface area contributed by atoms with Crippen LogP contribution in [0.4, 0.5) is 5.69 Å². The largest absolute Gasteiger partial charge is 0.492 e. The molecule has 0 unspecified atom stereocenters. The zero-order valence-corrected chi connectivity index (χ0v) is 12.0. The lowest BCUT2D eigenvalue weighted by atomic mass is 10.3. The summed E-state index contributed by atoms with van der Waals surface area (Å²) in [5.74, 6) is 0.859. The minimum atomic E-state index is 0.600. The van der Waals surface area contributed by atoms with E-state index in [1.807, 2.05) is 48.5 Å². The summed E-state index contributed by atoms with van der Waals surface area (Å²) in [4.78, 5) is 0. The molecule has 1 N–H and O–H groups in total. The summed E-state index contributed by atoms with van der Waals surface area (Å²) < 4.78 is 6.63. The maximum absolute atomic E-state index is 5.89. The Balaban J connectivity index is 1.76. The van der Waals surface area contributed by atoms with E-state index in [0.29, 0.717) is 6.61 Å². The fraction of sp³-hybridized carbons (Fsp3) is 0.143. The van der Waals surface area contributed by atoms with Crippen molar-refractivity contribution < 1.29 is 4.74 Å². The number of benzene rings is 2. The molecule has 0 radical (unpaired) electrons. The SMILES string of the molecule is Clc1cccc(NCCOc2cccc(Br)c2)c1. The van der Waals surface area contributed by atoms with Crippen LogP contribution in [-0.2, 0) is 0 Å². The molecular weight excluding hydrogens is 314 g/mol. The first-order valence-electron chi connectivity index (χ1n) is 5.62. The second-order valence-electron chi connectivity index (χ2n) is 3.74. The minimum Gasteiger partial charge on any atom is -0.492 e. The zero-order valence-electron chi connectivity index (χ0n) is 9.70. The Morgan fingerprint density at radius 3 is 2.72 bits per heavy atom. The quantitative estimate of drug-likeness (QED) is 0.811. The third-order valence-corrected chi connectivity index (χ3v) is 3.05. The summed E-state index contributed by atoms with van der Waals surface area (Å²) in [6.07, 6.45) is 0. The Morgan fingerprint density at radius 2 is 1.94 bits per heavy atom. The minimum absolute atomic E-state index is 0.600. The molecule has 2 aromatic carbocycles. The lowest BCUT2D eigenvalue weighted by Gasteiger charge is -2.09. The van der Waals surface area contributed by atoms with E-state index >= 15 is 0 Å². The molecule has 0 aliphatic carbocycles. The van der Waals surface area contributed by atoms with Gasteiger partial charge in [0.05, 0.1) is 0 Å². The van der Waals surface area contributed by atoms with Crippen molar-refractivity contribution in [3.8, 4) is 5.75 Å². The van der Waals surface area contributed by atoms with Gasteiger partial charge in [-0.15, -0.1) is 0 Å². The molecule has 0 heterocycles. The molecule has 4 heteroatoms. The molecule has 0 bridgehead atoms. The van der Waals surface area contributed by atoms with Crippen LogP contribution in [0.3, 0.4) is 0 Å². The van der Waals surface area contributed by atoms with Gasteiger partial charge in [-0.3, -0.25) is 0 Å². The molecule has 0 atom stereocenters. The highest BCUT2D eigenvalue weighted by atomic mass is 79.9. The monoisotopic (exact) mass is 325 g/mol. The Kier molecular flexibility index (Phi) is 4.90. The number of anilines is 1. The predicted molar refractivity (Wildman–Crippen MR) is 79.6 cm³/mol. The molecule has 0 saturated heterocycles.